The number of likely N-dealkylation sites (N-methyl/N-ethyl adjacent to an activating group) is 1. The zero-order chi connectivity index (χ0) is 30.7. The van der Waals surface area contributed by atoms with Crippen LogP contribution in [-0.4, -0.2) is 75.9 Å². The summed E-state index contributed by atoms with van der Waals surface area (Å²) in [5.74, 6) is -2.08. The third-order valence-corrected chi connectivity index (χ3v) is 7.96. The molecule has 2 aromatic heterocycles. The van der Waals surface area contributed by atoms with Gasteiger partial charge in [0.1, 0.15) is 17.7 Å². The van der Waals surface area contributed by atoms with Gasteiger partial charge in [-0.1, -0.05) is 11.2 Å². The van der Waals surface area contributed by atoms with E-state index in [2.05, 4.69) is 31.5 Å². The number of nitrogens with zero attached hydrogens (tertiary/aromatic N) is 6. The van der Waals surface area contributed by atoms with Crippen LogP contribution < -0.4 is 14.8 Å². The molecule has 14 heteroatoms. The van der Waals surface area contributed by atoms with Gasteiger partial charge in [0, 0.05) is 18.0 Å². The number of piperidine rings is 1. The van der Waals surface area contributed by atoms with Crippen LogP contribution in [0.3, 0.4) is 0 Å². The van der Waals surface area contributed by atoms with Crippen molar-refractivity contribution in [3.63, 3.8) is 0 Å². The zero-order valence-electron chi connectivity index (χ0n) is 24.1. The minimum Gasteiger partial charge on any atom is -0.474 e. The molecule has 0 spiro atoms. The van der Waals surface area contributed by atoms with Gasteiger partial charge >= 0.3 is 0 Å². The van der Waals surface area contributed by atoms with E-state index in [-0.39, 0.29) is 47.0 Å². The first kappa shape index (κ1) is 30.6. The molecule has 2 fully saturated rings. The van der Waals surface area contributed by atoms with E-state index in [0.717, 1.165) is 18.6 Å². The Morgan fingerprint density at radius 2 is 1.88 bits per heavy atom. The number of ether oxygens (including phenoxy) is 2. The van der Waals surface area contributed by atoms with Crippen molar-refractivity contribution >= 4 is 0 Å². The molecule has 1 N–H and O–H groups in total. The van der Waals surface area contributed by atoms with E-state index in [1.165, 1.54) is 26.0 Å². The number of hydrogen-bond acceptors (Lipinski definition) is 10. The van der Waals surface area contributed by atoms with Crippen LogP contribution >= 0.6 is 0 Å². The van der Waals surface area contributed by atoms with Crippen molar-refractivity contribution in [3.05, 3.63) is 47.4 Å². The smallest absolute Gasteiger partial charge is 0.276 e. The molecule has 230 valence electrons. The fourth-order valence-electron chi connectivity index (χ4n) is 5.69. The maximum Gasteiger partial charge on any atom is 0.276 e. The molecular formula is C29H33F4N7O3. The summed E-state index contributed by atoms with van der Waals surface area (Å²) in [4.78, 5) is 14.9. The molecule has 4 heterocycles. The first-order valence-electron chi connectivity index (χ1n) is 14.2. The molecule has 43 heavy (non-hydrogen) atoms. The van der Waals surface area contributed by atoms with Gasteiger partial charge < -0.3 is 19.3 Å². The number of rotatable bonds is 10. The van der Waals surface area contributed by atoms with Crippen LogP contribution in [0.15, 0.2) is 28.8 Å². The van der Waals surface area contributed by atoms with E-state index in [1.807, 2.05) is 4.90 Å². The molecule has 2 saturated heterocycles. The molecule has 3 aromatic rings. The molecule has 2 aliphatic heterocycles. The number of likely N-dealkylation sites (tertiary alicyclic amines) is 1. The lowest BCUT2D eigenvalue weighted by molar-refractivity contribution is -0.0294. The molecular weight excluding hydrogens is 570 g/mol. The van der Waals surface area contributed by atoms with Gasteiger partial charge in [-0.15, -0.1) is 0 Å². The number of aromatic nitrogens is 4. The van der Waals surface area contributed by atoms with E-state index < -0.39 is 35.6 Å². The summed E-state index contributed by atoms with van der Waals surface area (Å²) in [5.41, 5.74) is -1.63. The third-order valence-electron chi connectivity index (χ3n) is 7.96. The fraction of sp³-hybridized carbons (Fsp3) is 0.552. The van der Waals surface area contributed by atoms with Crippen LogP contribution in [0.1, 0.15) is 57.4 Å². The number of halogens is 4. The third kappa shape index (κ3) is 6.73. The van der Waals surface area contributed by atoms with Gasteiger partial charge in [0.05, 0.1) is 30.0 Å². The summed E-state index contributed by atoms with van der Waals surface area (Å²) in [6, 6.07) is 6.42. The lowest BCUT2D eigenvalue weighted by Crippen LogP contribution is -2.44. The van der Waals surface area contributed by atoms with Crippen molar-refractivity contribution in [2.75, 3.05) is 20.1 Å². The molecule has 5 rings (SSSR count). The Labute approximate surface area is 246 Å². The average molecular weight is 604 g/mol. The van der Waals surface area contributed by atoms with E-state index in [0.29, 0.717) is 38.8 Å². The highest BCUT2D eigenvalue weighted by Gasteiger charge is 2.39. The number of alkyl halides is 2. The second kappa shape index (κ2) is 12.8. The number of nitriles is 1. The van der Waals surface area contributed by atoms with Crippen LogP contribution in [0, 0.1) is 23.0 Å². The quantitative estimate of drug-likeness (QED) is 0.328. The van der Waals surface area contributed by atoms with E-state index in [1.54, 1.807) is 7.05 Å². The predicted octanol–water partition coefficient (Wildman–Crippen LogP) is 4.65. The van der Waals surface area contributed by atoms with Crippen LogP contribution in [0.25, 0.3) is 11.6 Å². The van der Waals surface area contributed by atoms with Gasteiger partial charge in [-0.3, -0.25) is 4.90 Å². The molecule has 2 aliphatic rings. The molecule has 0 unspecified atom stereocenters. The summed E-state index contributed by atoms with van der Waals surface area (Å²) in [6.07, 6.45) is -1.81. The highest BCUT2D eigenvalue weighted by molar-refractivity contribution is 5.46. The summed E-state index contributed by atoms with van der Waals surface area (Å²) in [5, 5.41) is 16.3. The van der Waals surface area contributed by atoms with Crippen molar-refractivity contribution in [1.82, 2.24) is 30.3 Å². The van der Waals surface area contributed by atoms with Crippen LogP contribution in [0.5, 0.6) is 11.8 Å². The molecule has 1 aromatic carbocycles. The molecule has 0 amide bonds. The second-order valence-electron chi connectivity index (χ2n) is 11.4. The van der Waals surface area contributed by atoms with Crippen LogP contribution in [0.4, 0.5) is 17.6 Å². The van der Waals surface area contributed by atoms with Gasteiger partial charge in [0.15, 0.2) is 6.10 Å². The fourth-order valence-corrected chi connectivity index (χ4v) is 5.69. The Balaban J connectivity index is 1.49. The minimum atomic E-state index is -2.79. The first-order valence-corrected chi connectivity index (χ1v) is 14.2. The number of hydrogen-bond donors (Lipinski definition) is 1. The van der Waals surface area contributed by atoms with E-state index >= 15 is 0 Å². The highest BCUT2D eigenvalue weighted by Crippen LogP contribution is 2.35. The SMILES string of the molecule is CN1CCC[C@H]1[C@@H](Oc1cc(O[C@H]2CCN[C@H](CC#N)C2)nc(-c2noc(C(C)(C)c3c(F)cccc3F)n2)n1)C(F)F. The van der Waals surface area contributed by atoms with Crippen molar-refractivity contribution in [2.45, 2.75) is 82.1 Å². The Hall–Kier alpha value is -3.83. The minimum absolute atomic E-state index is 0.0427. The molecule has 10 nitrogen and oxygen atoms in total. The van der Waals surface area contributed by atoms with Gasteiger partial charge in [-0.25, -0.2) is 17.6 Å². The number of nitrogens with one attached hydrogen (secondary N) is 1. The summed E-state index contributed by atoms with van der Waals surface area (Å²) < 4.78 is 75.1. The maximum absolute atomic E-state index is 14.6. The summed E-state index contributed by atoms with van der Waals surface area (Å²) >= 11 is 0. The van der Waals surface area contributed by atoms with Crippen molar-refractivity contribution in [2.24, 2.45) is 0 Å². The second-order valence-corrected chi connectivity index (χ2v) is 11.4. The summed E-state index contributed by atoms with van der Waals surface area (Å²) in [6.45, 7) is 4.35. The van der Waals surface area contributed by atoms with Gasteiger partial charge in [0.25, 0.3) is 6.43 Å². The van der Waals surface area contributed by atoms with Crippen LogP contribution in [0.2, 0.25) is 0 Å². The molecule has 4 atom stereocenters. The topological polar surface area (TPSA) is 122 Å². The molecule has 0 aliphatic carbocycles. The van der Waals surface area contributed by atoms with E-state index in [4.69, 9.17) is 19.3 Å². The van der Waals surface area contributed by atoms with Crippen LogP contribution in [-0.2, 0) is 5.41 Å². The Bertz CT molecular complexity index is 1440. The standard InChI is InChI=1S/C29H33F4N7O3/c1-29(2,23-18(30)6-4-7-19(23)31)28-38-27(39-43-28)26-36-21(41-17-10-12-35-16(14-17)9-11-34)15-22(37-26)42-24(25(32)33)20-8-5-13-40(20)3/h4,6-7,15-17,20,24-25,35H,5,8-10,12-14H2,1-3H3/t16-,17+,20+,24-/m1/s1. The lowest BCUT2D eigenvalue weighted by atomic mass is 9.83. The van der Waals surface area contributed by atoms with Gasteiger partial charge in [0.2, 0.25) is 29.3 Å². The Kier molecular flexibility index (Phi) is 9.12. The van der Waals surface area contributed by atoms with Gasteiger partial charge in [-0.05, 0) is 65.4 Å². The largest absolute Gasteiger partial charge is 0.474 e. The summed E-state index contributed by atoms with van der Waals surface area (Å²) in [7, 11) is 1.77. The number of benzene rings is 1. The van der Waals surface area contributed by atoms with Crippen molar-refractivity contribution in [1.29, 1.82) is 5.26 Å². The van der Waals surface area contributed by atoms with Gasteiger partial charge in [-0.2, -0.15) is 20.2 Å². The lowest BCUT2D eigenvalue weighted by Gasteiger charge is -2.30. The normalized spacial score (nSPS) is 22.0. The first-order chi connectivity index (χ1) is 20.6. The average Bonchev–Trinajstić information content (AvgIpc) is 3.62. The van der Waals surface area contributed by atoms with Crippen molar-refractivity contribution in [3.8, 4) is 29.5 Å². The molecule has 0 saturated carbocycles. The van der Waals surface area contributed by atoms with Crippen molar-refractivity contribution < 1.29 is 31.6 Å². The van der Waals surface area contributed by atoms with E-state index in [9.17, 15) is 17.6 Å². The Morgan fingerprint density at radius 1 is 1.14 bits per heavy atom. The molecule has 0 radical (unpaired) electrons. The molecule has 0 bridgehead atoms. The predicted molar refractivity (Wildman–Crippen MR) is 146 cm³/mol. The maximum atomic E-state index is 14.6. The highest BCUT2D eigenvalue weighted by atomic mass is 19.3. The monoisotopic (exact) mass is 603 g/mol. The Morgan fingerprint density at radius 3 is 2.56 bits per heavy atom. The zero-order valence-corrected chi connectivity index (χ0v) is 24.1.